The Labute approximate surface area is 213 Å². The van der Waals surface area contributed by atoms with Crippen LogP contribution in [0, 0.1) is 0 Å². The standard InChI is InChI=1S/C24H18BrClN2O5S/c1-32-12-11-27-21(29)19(22(30)28(24(27)31)16-5-3-2-4-6-16)13-17-14-20(25)23(33-17)34-18-9-7-15(26)8-10-18/h2-10,13-14H,11-12H2,1H3/b19-13-. The molecular weight excluding hydrogens is 544 g/mol. The van der Waals surface area contributed by atoms with Crippen LogP contribution in [0.5, 0.6) is 0 Å². The molecule has 1 aliphatic heterocycles. The molecule has 0 saturated carbocycles. The van der Waals surface area contributed by atoms with Crippen LogP contribution in [0.3, 0.4) is 0 Å². The quantitative estimate of drug-likeness (QED) is 0.265. The summed E-state index contributed by atoms with van der Waals surface area (Å²) in [5.74, 6) is -1.15. The van der Waals surface area contributed by atoms with E-state index < -0.39 is 17.8 Å². The highest BCUT2D eigenvalue weighted by Crippen LogP contribution is 2.37. The van der Waals surface area contributed by atoms with Crippen molar-refractivity contribution >= 4 is 68.9 Å². The number of anilines is 1. The van der Waals surface area contributed by atoms with Crippen LogP contribution < -0.4 is 4.90 Å². The van der Waals surface area contributed by atoms with E-state index in [4.69, 9.17) is 20.8 Å². The minimum atomic E-state index is -0.728. The van der Waals surface area contributed by atoms with E-state index in [1.54, 1.807) is 48.5 Å². The summed E-state index contributed by atoms with van der Waals surface area (Å²) in [5.41, 5.74) is 0.168. The second-order valence-corrected chi connectivity index (χ2v) is 9.44. The number of carbonyl (C=O) groups is 3. The Kier molecular flexibility index (Phi) is 7.57. The van der Waals surface area contributed by atoms with Crippen molar-refractivity contribution in [3.05, 3.63) is 81.5 Å². The van der Waals surface area contributed by atoms with Gasteiger partial charge in [0.25, 0.3) is 11.8 Å². The molecule has 3 aromatic rings. The molecule has 0 atom stereocenters. The molecule has 4 amide bonds. The summed E-state index contributed by atoms with van der Waals surface area (Å²) in [6.07, 6.45) is 1.35. The van der Waals surface area contributed by atoms with Crippen LogP contribution >= 0.6 is 39.3 Å². The van der Waals surface area contributed by atoms with E-state index in [2.05, 4.69) is 15.9 Å². The fraction of sp³-hybridized carbons (Fsp3) is 0.125. The van der Waals surface area contributed by atoms with E-state index in [1.807, 2.05) is 12.1 Å². The zero-order chi connectivity index (χ0) is 24.2. The summed E-state index contributed by atoms with van der Waals surface area (Å²) >= 11 is 10.8. The van der Waals surface area contributed by atoms with Gasteiger partial charge in [0.05, 0.1) is 23.3 Å². The van der Waals surface area contributed by atoms with Gasteiger partial charge < -0.3 is 9.15 Å². The minimum absolute atomic E-state index is 0.00163. The average molecular weight is 562 g/mol. The van der Waals surface area contributed by atoms with Crippen LogP contribution in [-0.4, -0.2) is 43.0 Å². The van der Waals surface area contributed by atoms with Gasteiger partial charge in [0.2, 0.25) is 0 Å². The maximum absolute atomic E-state index is 13.3. The summed E-state index contributed by atoms with van der Waals surface area (Å²) in [6, 6.07) is 16.6. The van der Waals surface area contributed by atoms with Crippen molar-refractivity contribution in [1.29, 1.82) is 0 Å². The van der Waals surface area contributed by atoms with Crippen LogP contribution in [0.4, 0.5) is 10.5 Å². The number of barbiturate groups is 1. The zero-order valence-corrected chi connectivity index (χ0v) is 21.0. The number of benzene rings is 2. The molecule has 0 spiro atoms. The third-order valence-corrected chi connectivity index (χ3v) is 6.95. The van der Waals surface area contributed by atoms with Crippen molar-refractivity contribution in [3.63, 3.8) is 0 Å². The smallest absolute Gasteiger partial charge is 0.338 e. The fourth-order valence-corrected chi connectivity index (χ4v) is 4.68. The van der Waals surface area contributed by atoms with Crippen molar-refractivity contribution in [2.24, 2.45) is 0 Å². The summed E-state index contributed by atoms with van der Waals surface area (Å²) in [5, 5.41) is 1.16. The number of halogens is 2. The minimum Gasteiger partial charge on any atom is -0.449 e. The Hall–Kier alpha value is -2.85. The molecule has 4 rings (SSSR count). The molecule has 0 aliphatic carbocycles. The molecule has 0 radical (unpaired) electrons. The van der Waals surface area contributed by atoms with Gasteiger partial charge in [0, 0.05) is 17.0 Å². The van der Waals surface area contributed by atoms with Gasteiger partial charge in [-0.2, -0.15) is 0 Å². The third-order valence-electron chi connectivity index (χ3n) is 4.85. The van der Waals surface area contributed by atoms with Gasteiger partial charge in [-0.25, -0.2) is 9.69 Å². The number of nitrogens with zero attached hydrogens (tertiary/aromatic N) is 2. The molecule has 2 aromatic carbocycles. The second-order valence-electron chi connectivity index (χ2n) is 7.11. The number of rotatable bonds is 7. The van der Waals surface area contributed by atoms with E-state index in [0.29, 0.717) is 20.3 Å². The SMILES string of the molecule is COCCN1C(=O)/C(=C/c2cc(Br)c(Sc3ccc(Cl)cc3)o2)C(=O)N(c2ccccc2)C1=O. The lowest BCUT2D eigenvalue weighted by molar-refractivity contribution is -0.129. The number of ether oxygens (including phenoxy) is 1. The molecule has 7 nitrogen and oxygen atoms in total. The van der Waals surface area contributed by atoms with E-state index >= 15 is 0 Å². The van der Waals surface area contributed by atoms with Crippen molar-refractivity contribution in [1.82, 2.24) is 4.90 Å². The van der Waals surface area contributed by atoms with Gasteiger partial charge in [0.1, 0.15) is 11.3 Å². The molecule has 1 fully saturated rings. The number of amides is 4. The van der Waals surface area contributed by atoms with Gasteiger partial charge in [-0.3, -0.25) is 14.5 Å². The number of urea groups is 1. The van der Waals surface area contributed by atoms with Crippen molar-refractivity contribution in [2.45, 2.75) is 9.99 Å². The first kappa shape index (κ1) is 24.3. The zero-order valence-electron chi connectivity index (χ0n) is 17.9. The van der Waals surface area contributed by atoms with Gasteiger partial charge >= 0.3 is 6.03 Å². The molecule has 1 aliphatic rings. The fourth-order valence-electron chi connectivity index (χ4n) is 3.22. The molecule has 10 heteroatoms. The first-order valence-electron chi connectivity index (χ1n) is 10.1. The number of carbonyl (C=O) groups excluding carboxylic acids is 3. The van der Waals surface area contributed by atoms with E-state index in [9.17, 15) is 14.4 Å². The number of furan rings is 1. The first-order chi connectivity index (χ1) is 16.4. The molecular formula is C24H18BrClN2O5S. The summed E-state index contributed by atoms with van der Waals surface area (Å²) in [6.45, 7) is 0.136. The molecule has 1 aromatic heterocycles. The summed E-state index contributed by atoms with van der Waals surface area (Å²) in [4.78, 5) is 42.3. The predicted octanol–water partition coefficient (Wildman–Crippen LogP) is 5.87. The molecule has 0 bridgehead atoms. The van der Waals surface area contributed by atoms with Crippen molar-refractivity contribution in [3.8, 4) is 0 Å². The lowest BCUT2D eigenvalue weighted by Gasteiger charge is -2.33. The summed E-state index contributed by atoms with van der Waals surface area (Å²) in [7, 11) is 1.47. The lowest BCUT2D eigenvalue weighted by atomic mass is 10.1. The average Bonchev–Trinajstić information content (AvgIpc) is 3.17. The molecule has 0 unspecified atom stereocenters. The maximum Gasteiger partial charge on any atom is 0.338 e. The number of imide groups is 2. The Bertz CT molecular complexity index is 1260. The van der Waals surface area contributed by atoms with E-state index in [-0.39, 0.29) is 24.5 Å². The number of methoxy groups -OCH3 is 1. The third kappa shape index (κ3) is 5.12. The van der Waals surface area contributed by atoms with Crippen LogP contribution in [-0.2, 0) is 14.3 Å². The monoisotopic (exact) mass is 560 g/mol. The van der Waals surface area contributed by atoms with Crippen LogP contribution in [0.1, 0.15) is 5.76 Å². The predicted molar refractivity (Wildman–Crippen MR) is 133 cm³/mol. The van der Waals surface area contributed by atoms with Crippen LogP contribution in [0.25, 0.3) is 6.08 Å². The molecule has 2 heterocycles. The molecule has 0 N–H and O–H groups in total. The highest BCUT2D eigenvalue weighted by molar-refractivity contribution is 9.10. The summed E-state index contributed by atoms with van der Waals surface area (Å²) < 4.78 is 11.6. The highest BCUT2D eigenvalue weighted by atomic mass is 79.9. The topological polar surface area (TPSA) is 80.1 Å². The number of hydrogen-bond acceptors (Lipinski definition) is 6. The lowest BCUT2D eigenvalue weighted by Crippen LogP contribution is -2.57. The van der Waals surface area contributed by atoms with Crippen molar-refractivity contribution in [2.75, 3.05) is 25.2 Å². The molecule has 1 saturated heterocycles. The number of para-hydroxylation sites is 1. The van der Waals surface area contributed by atoms with Crippen LogP contribution in [0.15, 0.2) is 85.1 Å². The van der Waals surface area contributed by atoms with Gasteiger partial charge in [-0.15, -0.1) is 0 Å². The van der Waals surface area contributed by atoms with E-state index in [1.165, 1.54) is 24.9 Å². The Morgan fingerprint density at radius 3 is 2.44 bits per heavy atom. The largest absolute Gasteiger partial charge is 0.449 e. The van der Waals surface area contributed by atoms with Crippen molar-refractivity contribution < 1.29 is 23.5 Å². The van der Waals surface area contributed by atoms with Gasteiger partial charge in [0.15, 0.2) is 5.09 Å². The Morgan fingerprint density at radius 1 is 1.06 bits per heavy atom. The van der Waals surface area contributed by atoms with E-state index in [0.717, 1.165) is 14.7 Å². The molecule has 174 valence electrons. The second kappa shape index (κ2) is 10.6. The van der Waals surface area contributed by atoms with Gasteiger partial charge in [-0.1, -0.05) is 41.6 Å². The normalized spacial score (nSPS) is 15.5. The van der Waals surface area contributed by atoms with Crippen LogP contribution in [0.2, 0.25) is 5.02 Å². The highest BCUT2D eigenvalue weighted by Gasteiger charge is 2.42. The number of hydrogen-bond donors (Lipinski definition) is 0. The first-order valence-corrected chi connectivity index (χ1v) is 12.1. The maximum atomic E-state index is 13.3. The molecule has 34 heavy (non-hydrogen) atoms. The Balaban J connectivity index is 1.69. The van der Waals surface area contributed by atoms with Gasteiger partial charge in [-0.05, 0) is 64.5 Å². The Morgan fingerprint density at radius 2 is 1.76 bits per heavy atom.